The van der Waals surface area contributed by atoms with E-state index in [-0.39, 0.29) is 0 Å². The lowest BCUT2D eigenvalue weighted by molar-refractivity contribution is -0.192. The van der Waals surface area contributed by atoms with E-state index >= 15 is 0 Å². The van der Waals surface area contributed by atoms with Crippen LogP contribution < -0.4 is 5.73 Å². The fraction of sp³-hybridized carbons (Fsp3) is 0.733. The van der Waals surface area contributed by atoms with Crippen LogP contribution in [-0.4, -0.2) is 71.7 Å². The first-order valence-electron chi connectivity index (χ1n) is 14.7. The van der Waals surface area contributed by atoms with Gasteiger partial charge in [-0.25, -0.2) is 4.79 Å². The van der Waals surface area contributed by atoms with Gasteiger partial charge in [0.05, 0.1) is 0 Å². The lowest BCUT2D eigenvalue weighted by atomic mass is 10.0. The number of unbranched alkanes of at least 4 members (excludes halogenated alkanes) is 9. The molecule has 1 aromatic carbocycles. The minimum atomic E-state index is -5.08. The molecule has 0 saturated carbocycles. The number of carbonyl (C=O) groups is 2. The smallest absolute Gasteiger partial charge is 0.475 e. The molecular weight excluding hydrogens is 507 g/mol. The number of alkyl halides is 3. The van der Waals surface area contributed by atoms with E-state index < -0.39 is 12.1 Å². The van der Waals surface area contributed by atoms with Crippen LogP contribution in [-0.2, 0) is 16.0 Å². The van der Waals surface area contributed by atoms with Crippen LogP contribution in [0, 0.1) is 0 Å². The van der Waals surface area contributed by atoms with Gasteiger partial charge in [-0.15, -0.1) is 0 Å². The molecule has 1 aromatic rings. The van der Waals surface area contributed by atoms with Crippen LogP contribution >= 0.6 is 0 Å². The lowest BCUT2D eigenvalue weighted by Gasteiger charge is -2.38. The number of halogens is 3. The number of carboxylic acid groups (broad SMARTS) is 1. The zero-order chi connectivity index (χ0) is 28.9. The summed E-state index contributed by atoms with van der Waals surface area (Å²) < 4.78 is 31.7. The maximum absolute atomic E-state index is 12.6. The van der Waals surface area contributed by atoms with Gasteiger partial charge in [0.2, 0.25) is 5.91 Å². The van der Waals surface area contributed by atoms with E-state index in [1.54, 1.807) is 0 Å². The van der Waals surface area contributed by atoms with E-state index in [1.807, 2.05) is 6.92 Å². The molecule has 1 amide bonds. The normalized spacial score (nSPS) is 14.5. The number of nitrogens with two attached hydrogens (primary N) is 1. The van der Waals surface area contributed by atoms with Crippen molar-refractivity contribution in [3.05, 3.63) is 35.9 Å². The largest absolute Gasteiger partial charge is 0.490 e. The van der Waals surface area contributed by atoms with E-state index in [0.717, 1.165) is 58.4 Å². The topological polar surface area (TPSA) is 86.9 Å². The van der Waals surface area contributed by atoms with Crippen molar-refractivity contribution in [3.63, 3.8) is 0 Å². The highest BCUT2D eigenvalue weighted by atomic mass is 19.4. The number of aliphatic carboxylic acids is 1. The Labute approximate surface area is 233 Å². The molecule has 0 bridgehead atoms. The van der Waals surface area contributed by atoms with Gasteiger partial charge in [0.1, 0.15) is 0 Å². The molecule has 1 aliphatic heterocycles. The Kier molecular flexibility index (Phi) is 18.5. The van der Waals surface area contributed by atoms with Crippen molar-refractivity contribution < 1.29 is 27.9 Å². The first kappa shape index (κ1) is 34.9. The molecule has 1 heterocycles. The second kappa shape index (κ2) is 20.7. The van der Waals surface area contributed by atoms with Gasteiger partial charge in [0.25, 0.3) is 0 Å². The second-order valence-electron chi connectivity index (χ2n) is 10.4. The molecule has 0 atom stereocenters. The Hall–Kier alpha value is -2.13. The van der Waals surface area contributed by atoms with E-state index in [1.165, 1.54) is 63.4 Å². The van der Waals surface area contributed by atoms with Gasteiger partial charge in [0.15, 0.2) is 0 Å². The molecule has 1 fully saturated rings. The average molecular weight is 558 g/mol. The molecule has 9 heteroatoms. The number of carbonyl (C=O) groups excluding carboxylic acids is 1. The predicted molar refractivity (Wildman–Crippen MR) is 151 cm³/mol. The van der Waals surface area contributed by atoms with Crippen LogP contribution in [0.25, 0.3) is 0 Å². The third kappa shape index (κ3) is 16.5. The number of amides is 1. The van der Waals surface area contributed by atoms with Crippen molar-refractivity contribution in [2.24, 2.45) is 5.73 Å². The number of hydrogen-bond donors (Lipinski definition) is 2. The third-order valence-electron chi connectivity index (χ3n) is 7.28. The van der Waals surface area contributed by atoms with Gasteiger partial charge in [-0.05, 0) is 44.2 Å². The fourth-order valence-electron chi connectivity index (χ4n) is 4.94. The zero-order valence-electron chi connectivity index (χ0n) is 23.8. The van der Waals surface area contributed by atoms with E-state index in [4.69, 9.17) is 15.6 Å². The van der Waals surface area contributed by atoms with Crippen LogP contribution in [0.15, 0.2) is 30.3 Å². The molecule has 39 heavy (non-hydrogen) atoms. The van der Waals surface area contributed by atoms with Crippen molar-refractivity contribution in [1.29, 1.82) is 0 Å². The number of hydrogen-bond acceptors (Lipinski definition) is 4. The van der Waals surface area contributed by atoms with Gasteiger partial charge >= 0.3 is 12.1 Å². The summed E-state index contributed by atoms with van der Waals surface area (Å²) in [7, 11) is 0. The van der Waals surface area contributed by atoms with Gasteiger partial charge in [-0.3, -0.25) is 4.79 Å². The highest BCUT2D eigenvalue weighted by Crippen LogP contribution is 2.20. The van der Waals surface area contributed by atoms with E-state index in [0.29, 0.717) is 18.4 Å². The molecule has 1 aliphatic rings. The maximum Gasteiger partial charge on any atom is 0.490 e. The summed E-state index contributed by atoms with van der Waals surface area (Å²) >= 11 is 0. The average Bonchev–Trinajstić information content (AvgIpc) is 2.93. The number of carboxylic acids is 1. The molecule has 1 saturated heterocycles. The molecule has 6 nitrogen and oxygen atoms in total. The number of benzene rings is 1. The van der Waals surface area contributed by atoms with Crippen molar-refractivity contribution in [2.45, 2.75) is 109 Å². The number of likely N-dealkylation sites (tertiary alicyclic amines) is 1. The van der Waals surface area contributed by atoms with Crippen LogP contribution in [0.3, 0.4) is 0 Å². The Morgan fingerprint density at radius 2 is 1.41 bits per heavy atom. The van der Waals surface area contributed by atoms with Gasteiger partial charge < -0.3 is 20.6 Å². The van der Waals surface area contributed by atoms with E-state index in [9.17, 15) is 18.0 Å². The number of piperidine rings is 1. The minimum Gasteiger partial charge on any atom is -0.475 e. The summed E-state index contributed by atoms with van der Waals surface area (Å²) in [5, 5.41) is 7.12. The predicted octanol–water partition coefficient (Wildman–Crippen LogP) is 6.43. The van der Waals surface area contributed by atoms with Gasteiger partial charge in [0, 0.05) is 38.6 Å². The van der Waals surface area contributed by atoms with Crippen LogP contribution in [0.4, 0.5) is 13.2 Å². The quantitative estimate of drug-likeness (QED) is 0.216. The lowest BCUT2D eigenvalue weighted by Crippen LogP contribution is -2.48. The highest BCUT2D eigenvalue weighted by Gasteiger charge is 2.38. The Morgan fingerprint density at radius 1 is 0.923 bits per heavy atom. The van der Waals surface area contributed by atoms with Crippen molar-refractivity contribution >= 4 is 11.9 Å². The molecular formula is C30H50F3N3O3. The summed E-state index contributed by atoms with van der Waals surface area (Å²) in [5.41, 5.74) is 6.97. The molecule has 0 radical (unpaired) electrons. The summed E-state index contributed by atoms with van der Waals surface area (Å²) in [6, 6.07) is 11.2. The maximum atomic E-state index is 12.6. The molecule has 2 rings (SSSR count). The highest BCUT2D eigenvalue weighted by molar-refractivity contribution is 5.76. The first-order valence-corrected chi connectivity index (χ1v) is 14.7. The molecule has 0 unspecified atom stereocenters. The Bertz CT molecular complexity index is 770. The number of rotatable bonds is 17. The summed E-state index contributed by atoms with van der Waals surface area (Å²) in [6.07, 6.45) is 11.9. The standard InChI is InChI=1S/C28H49N3O.C2HF3O2/c1-2-28(32)31(22-15-10-8-6-4-3-5-7-9-14-21-29)27-19-24-30(25-20-27)23-18-26-16-12-11-13-17-26;3-2(4,5)1(6)7/h11-13,16-17,27H,2-10,14-15,18-25,29H2,1H3;(H,6,7). The first-order chi connectivity index (χ1) is 18.7. The van der Waals surface area contributed by atoms with Crippen molar-refractivity contribution in [3.8, 4) is 0 Å². The van der Waals surface area contributed by atoms with Crippen molar-refractivity contribution in [2.75, 3.05) is 32.7 Å². The number of nitrogens with zero attached hydrogens (tertiary/aromatic N) is 2. The van der Waals surface area contributed by atoms with Crippen LogP contribution in [0.1, 0.15) is 96.0 Å². The van der Waals surface area contributed by atoms with Crippen LogP contribution in [0.2, 0.25) is 0 Å². The molecule has 0 aliphatic carbocycles. The summed E-state index contributed by atoms with van der Waals surface area (Å²) in [6.45, 7) is 7.18. The minimum absolute atomic E-state index is 0.352. The molecule has 0 aromatic heterocycles. The second-order valence-corrected chi connectivity index (χ2v) is 10.4. The van der Waals surface area contributed by atoms with Crippen molar-refractivity contribution in [1.82, 2.24) is 9.80 Å². The van der Waals surface area contributed by atoms with Gasteiger partial charge in [-0.1, -0.05) is 88.6 Å². The fourth-order valence-corrected chi connectivity index (χ4v) is 4.94. The Morgan fingerprint density at radius 3 is 1.87 bits per heavy atom. The molecule has 224 valence electrons. The third-order valence-corrected chi connectivity index (χ3v) is 7.28. The Balaban J connectivity index is 0.000000956. The summed E-state index contributed by atoms with van der Waals surface area (Å²) in [5.74, 6) is -2.40. The van der Waals surface area contributed by atoms with Crippen LogP contribution in [0.5, 0.6) is 0 Å². The van der Waals surface area contributed by atoms with Gasteiger partial charge in [-0.2, -0.15) is 13.2 Å². The SMILES string of the molecule is CCC(=O)N(CCCCCCCCCCCCN)C1CCN(CCc2ccccc2)CC1.O=C(O)C(F)(F)F. The summed E-state index contributed by atoms with van der Waals surface area (Å²) in [4.78, 5) is 26.3. The zero-order valence-corrected chi connectivity index (χ0v) is 23.8. The molecule has 3 N–H and O–H groups in total. The monoisotopic (exact) mass is 557 g/mol. The van der Waals surface area contributed by atoms with E-state index in [2.05, 4.69) is 40.1 Å². The molecule has 0 spiro atoms.